The Balaban J connectivity index is 1.31. The average molecular weight is 717 g/mol. The van der Waals surface area contributed by atoms with E-state index < -0.39 is 11.9 Å². The molecule has 4 aromatic rings. The Morgan fingerprint density at radius 2 is 1.57 bits per heavy atom. The normalized spacial score (nSPS) is 19.3. The number of carbonyl (C=O) groups is 2. The van der Waals surface area contributed by atoms with Gasteiger partial charge < -0.3 is 15.1 Å². The van der Waals surface area contributed by atoms with Gasteiger partial charge in [-0.15, -0.1) is 11.3 Å². The highest BCUT2D eigenvalue weighted by atomic mass is 32.2. The Hall–Kier alpha value is -4.73. The number of benzene rings is 3. The molecular formula is C42H42N3O4S2+. The zero-order chi connectivity index (χ0) is 35.9. The minimum Gasteiger partial charge on any atom is -0.481 e. The molecule has 260 valence electrons. The molecule has 3 aliphatic rings. The van der Waals surface area contributed by atoms with Crippen molar-refractivity contribution in [1.29, 1.82) is 0 Å². The van der Waals surface area contributed by atoms with Crippen LogP contribution in [0.3, 0.4) is 0 Å². The van der Waals surface area contributed by atoms with Gasteiger partial charge in [0, 0.05) is 46.0 Å². The Labute approximate surface area is 307 Å². The van der Waals surface area contributed by atoms with Crippen LogP contribution in [0.2, 0.25) is 0 Å². The first-order chi connectivity index (χ1) is 24.4. The quantitative estimate of drug-likeness (QED) is 0.149. The van der Waals surface area contributed by atoms with Crippen molar-refractivity contribution in [2.75, 3.05) is 18.0 Å². The molecule has 2 aliphatic heterocycles. The van der Waals surface area contributed by atoms with Gasteiger partial charge in [0.1, 0.15) is 6.42 Å². The number of carboxylic acids is 2. The predicted octanol–water partition coefficient (Wildman–Crippen LogP) is 9.63. The summed E-state index contributed by atoms with van der Waals surface area (Å²) in [6, 6.07) is 24.8. The average Bonchev–Trinajstić information content (AvgIpc) is 3.80. The van der Waals surface area contributed by atoms with E-state index >= 15 is 0 Å². The Bertz CT molecular complexity index is 2190. The Morgan fingerprint density at radius 3 is 2.33 bits per heavy atom. The lowest BCUT2D eigenvalue weighted by Gasteiger charge is -2.26. The lowest BCUT2D eigenvalue weighted by Crippen LogP contribution is -2.28. The van der Waals surface area contributed by atoms with Crippen LogP contribution in [0.5, 0.6) is 0 Å². The molecule has 3 aromatic carbocycles. The van der Waals surface area contributed by atoms with Crippen molar-refractivity contribution in [3.8, 4) is 0 Å². The summed E-state index contributed by atoms with van der Waals surface area (Å²) in [5.41, 5.74) is 9.52. The molecule has 0 fully saturated rings. The van der Waals surface area contributed by atoms with Crippen LogP contribution >= 0.6 is 23.1 Å². The lowest BCUT2D eigenvalue weighted by molar-refractivity contribution is -0.436. The largest absolute Gasteiger partial charge is 0.481 e. The van der Waals surface area contributed by atoms with Crippen LogP contribution in [-0.2, 0) is 20.4 Å². The number of carboxylic acid groups (broad SMARTS) is 2. The molecule has 51 heavy (non-hydrogen) atoms. The van der Waals surface area contributed by atoms with E-state index in [9.17, 15) is 19.8 Å². The van der Waals surface area contributed by atoms with Crippen LogP contribution in [0, 0.1) is 0 Å². The fourth-order valence-corrected chi connectivity index (χ4v) is 9.98. The molecule has 0 saturated carbocycles. The van der Waals surface area contributed by atoms with Crippen molar-refractivity contribution in [2.45, 2.75) is 68.5 Å². The fourth-order valence-electron chi connectivity index (χ4n) is 7.67. The summed E-state index contributed by atoms with van der Waals surface area (Å²) < 4.78 is 4.30. The lowest BCUT2D eigenvalue weighted by atomic mass is 9.81. The van der Waals surface area contributed by atoms with E-state index in [0.717, 1.165) is 50.2 Å². The summed E-state index contributed by atoms with van der Waals surface area (Å²) in [6.45, 7) is 9.64. The molecule has 0 bridgehead atoms. The number of thiazole rings is 1. The summed E-state index contributed by atoms with van der Waals surface area (Å²) in [5, 5.41) is 19.1. The molecule has 1 aromatic heterocycles. The maximum atomic E-state index is 11.7. The van der Waals surface area contributed by atoms with E-state index in [2.05, 4.69) is 97.9 Å². The minimum atomic E-state index is -0.812. The molecule has 0 unspecified atom stereocenters. The summed E-state index contributed by atoms with van der Waals surface area (Å²) in [4.78, 5) is 31.6. The molecule has 0 atom stereocenters. The minimum absolute atomic E-state index is 0.0500. The number of aromatic nitrogens is 1. The second-order valence-electron chi connectivity index (χ2n) is 14.2. The first-order valence-corrected chi connectivity index (χ1v) is 19.0. The Kier molecular flexibility index (Phi) is 9.37. The first-order valence-electron chi connectivity index (χ1n) is 17.4. The Morgan fingerprint density at radius 1 is 0.863 bits per heavy atom. The van der Waals surface area contributed by atoms with E-state index in [1.807, 2.05) is 36.4 Å². The predicted molar refractivity (Wildman–Crippen MR) is 208 cm³/mol. The second kappa shape index (κ2) is 13.8. The van der Waals surface area contributed by atoms with Gasteiger partial charge in [-0.05, 0) is 67.7 Å². The third kappa shape index (κ3) is 6.61. The molecule has 0 saturated heterocycles. The maximum Gasteiger partial charge on any atom is 0.309 e. The molecule has 7 nitrogen and oxygen atoms in total. The van der Waals surface area contributed by atoms with Crippen molar-refractivity contribution < 1.29 is 24.4 Å². The van der Waals surface area contributed by atoms with Crippen LogP contribution < -0.4 is 4.90 Å². The van der Waals surface area contributed by atoms with Gasteiger partial charge in [0.2, 0.25) is 5.69 Å². The fraction of sp³-hybridized carbons (Fsp3) is 0.286. The topological polar surface area (TPSA) is 93.7 Å². The number of allylic oxidation sites excluding steroid dienone is 7. The van der Waals surface area contributed by atoms with Crippen LogP contribution in [0.1, 0.15) is 64.5 Å². The zero-order valence-corrected chi connectivity index (χ0v) is 31.0. The van der Waals surface area contributed by atoms with Crippen molar-refractivity contribution in [3.05, 3.63) is 130 Å². The number of hydrogen-bond acceptors (Lipinski definition) is 6. The third-order valence-electron chi connectivity index (χ3n) is 10.3. The van der Waals surface area contributed by atoms with Crippen molar-refractivity contribution in [3.63, 3.8) is 0 Å². The van der Waals surface area contributed by atoms with Gasteiger partial charge in [0.05, 0.1) is 22.1 Å². The summed E-state index contributed by atoms with van der Waals surface area (Å²) in [7, 11) is 0. The second-order valence-corrected chi connectivity index (χ2v) is 16.5. The molecule has 0 amide bonds. The molecule has 9 heteroatoms. The molecular weight excluding hydrogens is 675 g/mol. The molecule has 7 rings (SSSR count). The van der Waals surface area contributed by atoms with Gasteiger partial charge in [-0.2, -0.15) is 4.58 Å². The van der Waals surface area contributed by atoms with Crippen molar-refractivity contribution in [1.82, 2.24) is 4.98 Å². The first kappa shape index (κ1) is 34.7. The SMILES string of the molecule is CC1(C)C(=CC=C2CCC(C=CC3=[N+](CCC(=O)O)c4ccccc4C3(C)C)=C2Sc2nc3ccccc3s2)N(CCC(=O)O)c2ccccc21. The maximum absolute atomic E-state index is 11.7. The smallest absolute Gasteiger partial charge is 0.309 e. The number of para-hydroxylation sites is 3. The summed E-state index contributed by atoms with van der Waals surface area (Å²) in [5.74, 6) is -1.62. The number of aliphatic carboxylic acids is 2. The highest BCUT2D eigenvalue weighted by Gasteiger charge is 2.44. The number of rotatable bonds is 11. The standard InChI is InChI=1S/C42H41N3O4S2/c1-41(2)29-11-5-8-14-32(29)44(25-23-37(46)47)35(41)21-19-27-17-18-28(39(27)51-40-43-31-13-7-10-16-34(31)50-40)20-22-36-42(3,4)30-12-6-9-15-33(30)45(36)26-24-38(48)49/h5-16,19-22H,17-18,23-26H2,1-4H3,(H-,46,47,48,49)/p+1. The number of thioether (sulfide) groups is 1. The van der Waals surface area contributed by atoms with E-state index in [0.29, 0.717) is 13.1 Å². The van der Waals surface area contributed by atoms with Crippen LogP contribution in [0.25, 0.3) is 10.2 Å². The van der Waals surface area contributed by atoms with Gasteiger partial charge >= 0.3 is 11.9 Å². The molecule has 1 aliphatic carbocycles. The highest BCUT2D eigenvalue weighted by Crippen LogP contribution is 2.49. The van der Waals surface area contributed by atoms with Gasteiger partial charge in [0.15, 0.2) is 16.6 Å². The zero-order valence-electron chi connectivity index (χ0n) is 29.3. The number of anilines is 1. The van der Waals surface area contributed by atoms with E-state index in [1.54, 1.807) is 23.1 Å². The van der Waals surface area contributed by atoms with Gasteiger partial charge in [0.25, 0.3) is 0 Å². The van der Waals surface area contributed by atoms with E-state index in [4.69, 9.17) is 4.98 Å². The van der Waals surface area contributed by atoms with Gasteiger partial charge in [-0.25, -0.2) is 4.98 Å². The van der Waals surface area contributed by atoms with E-state index in [1.165, 1.54) is 27.2 Å². The van der Waals surface area contributed by atoms with Crippen LogP contribution in [0.4, 0.5) is 11.4 Å². The highest BCUT2D eigenvalue weighted by molar-refractivity contribution is 8.05. The summed E-state index contributed by atoms with van der Waals surface area (Å²) in [6.07, 6.45) is 10.7. The molecule has 3 heterocycles. The summed E-state index contributed by atoms with van der Waals surface area (Å²) >= 11 is 3.40. The monoisotopic (exact) mass is 716 g/mol. The molecule has 0 spiro atoms. The van der Waals surface area contributed by atoms with E-state index in [-0.39, 0.29) is 23.7 Å². The third-order valence-corrected chi connectivity index (χ3v) is 12.6. The van der Waals surface area contributed by atoms with Gasteiger partial charge in [-0.1, -0.05) is 86.3 Å². The molecule has 0 radical (unpaired) electrons. The number of fused-ring (bicyclic) bond motifs is 3. The molecule has 2 N–H and O–H groups in total. The number of nitrogens with zero attached hydrogens (tertiary/aromatic N) is 3. The van der Waals surface area contributed by atoms with Crippen LogP contribution in [0.15, 0.2) is 123 Å². The number of hydrogen-bond donors (Lipinski definition) is 2. The van der Waals surface area contributed by atoms with Crippen molar-refractivity contribution in [2.24, 2.45) is 0 Å². The van der Waals surface area contributed by atoms with Crippen molar-refractivity contribution >= 4 is 62.3 Å². The van der Waals surface area contributed by atoms with Crippen LogP contribution in [-0.4, -0.2) is 50.5 Å². The van der Waals surface area contributed by atoms with Gasteiger partial charge in [-0.3, -0.25) is 9.59 Å².